The molecule has 3 heterocycles. The Morgan fingerprint density at radius 2 is 1.86 bits per heavy atom. The number of alkyl halides is 6. The molecule has 0 aliphatic rings. The van der Waals surface area contributed by atoms with E-state index in [1.165, 1.54) is 12.4 Å². The normalized spacial score (nSPS) is 13.0. The van der Waals surface area contributed by atoms with Crippen LogP contribution in [0.4, 0.5) is 30.7 Å². The van der Waals surface area contributed by atoms with Crippen molar-refractivity contribution in [1.82, 2.24) is 15.1 Å². The lowest BCUT2D eigenvalue weighted by molar-refractivity contribution is -0.691. The summed E-state index contributed by atoms with van der Waals surface area (Å²) in [6.07, 6.45) is -5.36. The van der Waals surface area contributed by atoms with E-state index in [1.807, 2.05) is 0 Å². The highest BCUT2D eigenvalue weighted by Gasteiger charge is 2.39. The average Bonchev–Trinajstić information content (AvgIpc) is 3.39. The van der Waals surface area contributed by atoms with Gasteiger partial charge in [-0.05, 0) is 24.0 Å². The minimum Gasteiger partial charge on any atom is -0.356 e. The first-order chi connectivity index (χ1) is 16.4. The second kappa shape index (κ2) is 8.67. The van der Waals surface area contributed by atoms with Crippen LogP contribution < -0.4 is 4.57 Å². The molecule has 4 rings (SSSR count). The second-order valence-corrected chi connectivity index (χ2v) is 7.57. The van der Waals surface area contributed by atoms with Crippen LogP contribution in [-0.2, 0) is 18.9 Å². The molecular weight excluding hydrogens is 481 g/mol. The summed E-state index contributed by atoms with van der Waals surface area (Å²) in [5.74, 6) is -0.486. The molecule has 5 nitrogen and oxygen atoms in total. The Morgan fingerprint density at radius 1 is 1.11 bits per heavy atom. The average molecular weight is 497 g/mol. The molecule has 0 bridgehead atoms. The summed E-state index contributed by atoms with van der Waals surface area (Å²) in [5, 5.41) is 3.61. The first kappa shape index (κ1) is 24.2. The highest BCUT2D eigenvalue weighted by Crippen LogP contribution is 2.40. The lowest BCUT2D eigenvalue weighted by Gasteiger charge is -2.14. The predicted molar refractivity (Wildman–Crippen MR) is 111 cm³/mol. The number of rotatable bonds is 5. The van der Waals surface area contributed by atoms with Crippen LogP contribution in [0.3, 0.4) is 0 Å². The van der Waals surface area contributed by atoms with E-state index in [2.05, 4.69) is 21.7 Å². The number of hydrogen-bond donors (Lipinski definition) is 1. The molecule has 0 saturated heterocycles. The number of nitrogens with zero attached hydrogens (tertiary/aromatic N) is 3. The molecule has 182 valence electrons. The molecule has 0 unspecified atom stereocenters. The second-order valence-electron chi connectivity index (χ2n) is 7.57. The summed E-state index contributed by atoms with van der Waals surface area (Å²) in [4.78, 5) is 7.26. The number of aromatic nitrogens is 4. The van der Waals surface area contributed by atoms with Gasteiger partial charge in [0.2, 0.25) is 5.52 Å². The lowest BCUT2D eigenvalue weighted by atomic mass is 10.0. The molecule has 1 aromatic carbocycles. The maximum atomic E-state index is 13.6. The highest BCUT2D eigenvalue weighted by molar-refractivity contribution is 5.84. The van der Waals surface area contributed by atoms with Crippen molar-refractivity contribution in [1.29, 1.82) is 0 Å². The van der Waals surface area contributed by atoms with E-state index in [4.69, 9.17) is 4.52 Å². The molecule has 12 heteroatoms. The van der Waals surface area contributed by atoms with E-state index >= 15 is 0 Å². The zero-order valence-electron chi connectivity index (χ0n) is 17.9. The van der Waals surface area contributed by atoms with Crippen molar-refractivity contribution in [2.24, 2.45) is 0 Å². The van der Waals surface area contributed by atoms with Gasteiger partial charge in [-0.15, -0.1) is 0 Å². The van der Waals surface area contributed by atoms with Crippen molar-refractivity contribution < 1.29 is 39.8 Å². The van der Waals surface area contributed by atoms with Crippen LogP contribution in [0.1, 0.15) is 29.5 Å². The fourth-order valence-electron chi connectivity index (χ4n) is 3.56. The molecular formula is C23H16F7N4O+. The van der Waals surface area contributed by atoms with Gasteiger partial charge in [-0.25, -0.2) is 8.96 Å². The van der Waals surface area contributed by atoms with Crippen molar-refractivity contribution in [2.45, 2.75) is 25.8 Å². The van der Waals surface area contributed by atoms with E-state index in [1.54, 1.807) is 29.8 Å². The van der Waals surface area contributed by atoms with Crippen LogP contribution in [0.25, 0.3) is 27.9 Å². The molecule has 0 radical (unpaired) electrons. The molecule has 0 amide bonds. The Hall–Kier alpha value is -3.96. The third-order valence-corrected chi connectivity index (χ3v) is 5.16. The monoisotopic (exact) mass is 497 g/mol. The van der Waals surface area contributed by atoms with E-state index < -0.39 is 34.9 Å². The van der Waals surface area contributed by atoms with Crippen molar-refractivity contribution in [2.75, 3.05) is 0 Å². The first-order valence-corrected chi connectivity index (χ1v) is 10.0. The molecule has 0 atom stereocenters. The summed E-state index contributed by atoms with van der Waals surface area (Å²) >= 11 is 0. The summed E-state index contributed by atoms with van der Waals surface area (Å²) in [6.45, 7) is 4.95. The van der Waals surface area contributed by atoms with Crippen molar-refractivity contribution in [3.05, 3.63) is 83.9 Å². The Labute approximate surface area is 193 Å². The van der Waals surface area contributed by atoms with E-state index in [-0.39, 0.29) is 29.6 Å². The van der Waals surface area contributed by atoms with Crippen LogP contribution in [0.2, 0.25) is 0 Å². The molecule has 0 aliphatic heterocycles. The van der Waals surface area contributed by atoms with Gasteiger partial charge in [0.05, 0.1) is 16.8 Å². The van der Waals surface area contributed by atoms with Gasteiger partial charge < -0.3 is 9.51 Å². The summed E-state index contributed by atoms with van der Waals surface area (Å²) < 4.78 is 99.4. The Balaban J connectivity index is 1.64. The van der Waals surface area contributed by atoms with E-state index in [0.717, 1.165) is 0 Å². The highest BCUT2D eigenvalue weighted by atomic mass is 19.4. The van der Waals surface area contributed by atoms with E-state index in [9.17, 15) is 30.7 Å². The van der Waals surface area contributed by atoms with Gasteiger partial charge in [-0.1, -0.05) is 23.9 Å². The van der Waals surface area contributed by atoms with Crippen molar-refractivity contribution in [3.8, 4) is 11.3 Å². The van der Waals surface area contributed by atoms with E-state index in [0.29, 0.717) is 28.9 Å². The fraction of sp³-hybridized carbons (Fsp3) is 0.174. The zero-order valence-corrected chi connectivity index (χ0v) is 17.9. The largest absolute Gasteiger partial charge is 0.417 e. The molecule has 0 fully saturated rings. The number of allylic oxidation sites excluding steroid dienone is 3. The van der Waals surface area contributed by atoms with Gasteiger partial charge in [0.1, 0.15) is 23.2 Å². The Kier molecular flexibility index (Phi) is 5.99. The van der Waals surface area contributed by atoms with Crippen LogP contribution in [-0.4, -0.2) is 15.1 Å². The van der Waals surface area contributed by atoms with Gasteiger partial charge in [0, 0.05) is 23.3 Å². The molecule has 3 aromatic heterocycles. The maximum absolute atomic E-state index is 13.6. The SMILES string of the molecule is C=C(F)C(=CC)c1cc2nc[n+](Cc3cc(-c4ccc(C(F)(F)F)cc4C(F)(F)F)no3)cc2[nH]1. The third kappa shape index (κ3) is 4.96. The number of halogens is 7. The molecule has 0 aliphatic carbocycles. The summed E-state index contributed by atoms with van der Waals surface area (Å²) in [6, 6.07) is 4.16. The van der Waals surface area contributed by atoms with Gasteiger partial charge in [-0.3, -0.25) is 0 Å². The number of nitrogens with one attached hydrogen (secondary N) is 1. The van der Waals surface area contributed by atoms with Crippen molar-refractivity contribution in [3.63, 3.8) is 0 Å². The van der Waals surface area contributed by atoms with Crippen LogP contribution in [0.5, 0.6) is 0 Å². The Morgan fingerprint density at radius 3 is 2.49 bits per heavy atom. The van der Waals surface area contributed by atoms with Crippen molar-refractivity contribution >= 4 is 16.6 Å². The Bertz CT molecular complexity index is 1440. The molecule has 0 saturated carbocycles. The smallest absolute Gasteiger partial charge is 0.356 e. The number of fused-ring (bicyclic) bond motifs is 1. The van der Waals surface area contributed by atoms with Crippen LogP contribution in [0.15, 0.2) is 65.9 Å². The van der Waals surface area contributed by atoms with Gasteiger partial charge >= 0.3 is 12.4 Å². The lowest BCUT2D eigenvalue weighted by Crippen LogP contribution is -2.33. The number of H-pyrrole nitrogens is 1. The molecule has 1 N–H and O–H groups in total. The van der Waals surface area contributed by atoms with Gasteiger partial charge in [0.25, 0.3) is 6.33 Å². The third-order valence-electron chi connectivity index (χ3n) is 5.16. The topological polar surface area (TPSA) is 58.6 Å². The molecule has 35 heavy (non-hydrogen) atoms. The quantitative estimate of drug-likeness (QED) is 0.195. The van der Waals surface area contributed by atoms with Crippen LogP contribution >= 0.6 is 0 Å². The number of benzene rings is 1. The number of hydrogen-bond acceptors (Lipinski definition) is 3. The standard InChI is InChI=1S/C23H15F7N4O/c1-3-15(12(2)24)18-8-20-21(32-18)10-34(11-31-20)9-14-7-19(33-35-14)16-5-4-13(22(25,26)27)6-17(16)23(28,29)30/h3-8,10-11H,2,9H2,1H3/p+1. The number of aromatic amines is 1. The van der Waals surface area contributed by atoms with Crippen LogP contribution in [0, 0.1) is 0 Å². The molecule has 0 spiro atoms. The summed E-state index contributed by atoms with van der Waals surface area (Å²) in [7, 11) is 0. The minimum atomic E-state index is -5.04. The summed E-state index contributed by atoms with van der Waals surface area (Å²) in [5.41, 5.74) is -1.89. The maximum Gasteiger partial charge on any atom is 0.417 e. The predicted octanol–water partition coefficient (Wildman–Crippen LogP) is 6.48. The first-order valence-electron chi connectivity index (χ1n) is 10.0. The minimum absolute atomic E-state index is 0.0125. The fourth-order valence-corrected chi connectivity index (χ4v) is 3.56. The van der Waals surface area contributed by atoms with Gasteiger partial charge in [0.15, 0.2) is 12.3 Å². The molecule has 4 aromatic rings. The van der Waals surface area contributed by atoms with Gasteiger partial charge in [-0.2, -0.15) is 26.3 Å². The zero-order chi connectivity index (χ0) is 25.5.